The van der Waals surface area contributed by atoms with Gasteiger partial charge in [-0.2, -0.15) is 13.2 Å². The van der Waals surface area contributed by atoms with Crippen molar-refractivity contribution < 1.29 is 18.0 Å². The summed E-state index contributed by atoms with van der Waals surface area (Å²) >= 11 is 0. The molecule has 0 atom stereocenters. The van der Waals surface area contributed by atoms with Crippen LogP contribution in [0, 0.1) is 0 Å². The number of hydrogen-bond donors (Lipinski definition) is 2. The van der Waals surface area contributed by atoms with Crippen LogP contribution in [0.4, 0.5) is 18.9 Å². The van der Waals surface area contributed by atoms with E-state index in [0.717, 1.165) is 6.07 Å². The van der Waals surface area contributed by atoms with Crippen LogP contribution in [0.5, 0.6) is 0 Å². The fourth-order valence-electron chi connectivity index (χ4n) is 2.64. The summed E-state index contributed by atoms with van der Waals surface area (Å²) in [5, 5.41) is 5.49. The Balaban J connectivity index is 0.00000338. The molecule has 1 aliphatic rings. The van der Waals surface area contributed by atoms with E-state index in [-0.39, 0.29) is 36.4 Å². The summed E-state index contributed by atoms with van der Waals surface area (Å²) < 4.78 is 38.5. The van der Waals surface area contributed by atoms with Crippen molar-refractivity contribution in [1.82, 2.24) is 15.5 Å². The maximum Gasteiger partial charge on any atom is 0.416 e. The molecule has 1 aliphatic heterocycles. The normalized spacial score (nSPS) is 15.3. The predicted molar refractivity (Wildman–Crippen MR) is 106 cm³/mol. The number of likely N-dealkylation sites (N-methyl/N-ethyl adjacent to an activating group) is 1. The first kappa shape index (κ1) is 22.3. The average molecular weight is 485 g/mol. The zero-order valence-electron chi connectivity index (χ0n) is 14.6. The molecule has 26 heavy (non-hydrogen) atoms. The Bertz CT molecular complexity index is 631. The summed E-state index contributed by atoms with van der Waals surface area (Å²) in [4.78, 5) is 19.4. The van der Waals surface area contributed by atoms with Gasteiger partial charge in [0.1, 0.15) is 0 Å². The lowest BCUT2D eigenvalue weighted by Gasteiger charge is -2.37. The summed E-state index contributed by atoms with van der Waals surface area (Å²) in [7, 11) is 3.19. The van der Waals surface area contributed by atoms with E-state index < -0.39 is 11.7 Å². The fourth-order valence-corrected chi connectivity index (χ4v) is 2.64. The lowest BCUT2D eigenvalue weighted by Crippen LogP contribution is -2.53. The number of aliphatic imine (C=N–C) groups is 1. The van der Waals surface area contributed by atoms with Gasteiger partial charge in [0, 0.05) is 46.0 Å². The molecular weight excluding hydrogens is 462 g/mol. The number of carbonyl (C=O) groups is 1. The largest absolute Gasteiger partial charge is 0.416 e. The quantitative estimate of drug-likeness (QED) is 0.390. The van der Waals surface area contributed by atoms with Gasteiger partial charge in [-0.3, -0.25) is 9.79 Å². The highest BCUT2D eigenvalue weighted by Crippen LogP contribution is 2.31. The third-order valence-corrected chi connectivity index (χ3v) is 4.02. The average Bonchev–Trinajstić information content (AvgIpc) is 2.62. The van der Waals surface area contributed by atoms with Gasteiger partial charge in [-0.1, -0.05) is 6.07 Å². The van der Waals surface area contributed by atoms with Crippen LogP contribution in [0.3, 0.4) is 0 Å². The molecule has 2 N–H and O–H groups in total. The van der Waals surface area contributed by atoms with Crippen molar-refractivity contribution in [3.8, 4) is 0 Å². The summed E-state index contributed by atoms with van der Waals surface area (Å²) in [6.07, 6.45) is -4.34. The first-order valence-electron chi connectivity index (χ1n) is 7.93. The van der Waals surface area contributed by atoms with Gasteiger partial charge in [-0.15, -0.1) is 24.0 Å². The van der Waals surface area contributed by atoms with Crippen LogP contribution in [-0.2, 0) is 11.0 Å². The van der Waals surface area contributed by atoms with Gasteiger partial charge in [0.15, 0.2) is 5.96 Å². The highest BCUT2D eigenvalue weighted by Gasteiger charge is 2.31. The van der Waals surface area contributed by atoms with E-state index in [0.29, 0.717) is 37.8 Å². The van der Waals surface area contributed by atoms with E-state index in [1.807, 2.05) is 9.80 Å². The Morgan fingerprint density at radius 2 is 1.88 bits per heavy atom. The molecule has 0 saturated carbocycles. The second-order valence-electron chi connectivity index (χ2n) is 5.60. The predicted octanol–water partition coefficient (Wildman–Crippen LogP) is 1.77. The number of alkyl halides is 3. The van der Waals surface area contributed by atoms with E-state index in [2.05, 4.69) is 15.6 Å². The van der Waals surface area contributed by atoms with Gasteiger partial charge >= 0.3 is 6.18 Å². The number of benzene rings is 1. The molecule has 146 valence electrons. The van der Waals surface area contributed by atoms with Crippen molar-refractivity contribution in [2.75, 3.05) is 51.7 Å². The molecule has 0 bridgehead atoms. The molecule has 2 rings (SSSR count). The molecule has 10 heteroatoms. The number of guanidine groups is 1. The molecule has 0 spiro atoms. The molecule has 1 saturated heterocycles. The van der Waals surface area contributed by atoms with E-state index in [4.69, 9.17) is 0 Å². The van der Waals surface area contributed by atoms with Crippen LogP contribution in [0.25, 0.3) is 0 Å². The monoisotopic (exact) mass is 485 g/mol. The van der Waals surface area contributed by atoms with E-state index in [1.165, 1.54) is 12.1 Å². The molecular formula is C16H23F3IN5O. The zero-order chi connectivity index (χ0) is 18.4. The minimum atomic E-state index is -4.34. The molecule has 0 unspecified atom stereocenters. The molecule has 0 aliphatic carbocycles. The number of nitrogens with one attached hydrogen (secondary N) is 2. The van der Waals surface area contributed by atoms with Crippen molar-refractivity contribution >= 4 is 41.5 Å². The lowest BCUT2D eigenvalue weighted by molar-refractivity contribution is -0.137. The fraction of sp³-hybridized carbons (Fsp3) is 0.500. The number of carbonyl (C=O) groups excluding carboxylic acids is 1. The second-order valence-corrected chi connectivity index (χ2v) is 5.60. The van der Waals surface area contributed by atoms with Crippen LogP contribution in [0.2, 0.25) is 0 Å². The third kappa shape index (κ3) is 5.92. The summed E-state index contributed by atoms with van der Waals surface area (Å²) in [5.41, 5.74) is -0.0849. The standard InChI is InChI=1S/C16H22F3N5O.HI/c1-20-14(25)11-22-15(21-2)24-8-6-23(7-9-24)13-5-3-4-12(10-13)16(17,18)19;/h3-5,10H,6-9,11H2,1-2H3,(H,20,25)(H,21,22);1H. The molecule has 1 heterocycles. The maximum absolute atomic E-state index is 12.8. The van der Waals surface area contributed by atoms with Crippen LogP contribution in [-0.4, -0.2) is 63.6 Å². The number of piperazine rings is 1. The van der Waals surface area contributed by atoms with Gasteiger partial charge in [0.05, 0.1) is 12.1 Å². The van der Waals surface area contributed by atoms with Gasteiger partial charge < -0.3 is 20.4 Å². The zero-order valence-corrected chi connectivity index (χ0v) is 17.0. The summed E-state index contributed by atoms with van der Waals surface area (Å²) in [6.45, 7) is 2.47. The number of nitrogens with zero attached hydrogens (tertiary/aromatic N) is 3. The van der Waals surface area contributed by atoms with Gasteiger partial charge in [0.2, 0.25) is 5.91 Å². The number of amides is 1. The van der Waals surface area contributed by atoms with Crippen molar-refractivity contribution in [1.29, 1.82) is 0 Å². The maximum atomic E-state index is 12.8. The first-order valence-corrected chi connectivity index (χ1v) is 7.93. The SMILES string of the molecule is CN=C(NCC(=O)NC)N1CCN(c2cccc(C(F)(F)F)c2)CC1.I. The number of rotatable bonds is 3. The Hall–Kier alpha value is -1.72. The van der Waals surface area contributed by atoms with Gasteiger partial charge in [-0.25, -0.2) is 0 Å². The number of anilines is 1. The van der Waals surface area contributed by atoms with Crippen LogP contribution >= 0.6 is 24.0 Å². The first-order chi connectivity index (χ1) is 11.8. The number of hydrogen-bond acceptors (Lipinski definition) is 3. The molecule has 6 nitrogen and oxygen atoms in total. The van der Waals surface area contributed by atoms with Crippen molar-refractivity contribution in [2.24, 2.45) is 4.99 Å². The smallest absolute Gasteiger partial charge is 0.368 e. The highest BCUT2D eigenvalue weighted by molar-refractivity contribution is 14.0. The Labute approximate surface area is 167 Å². The summed E-state index contributed by atoms with van der Waals surface area (Å²) in [5.74, 6) is 0.455. The van der Waals surface area contributed by atoms with Crippen molar-refractivity contribution in [3.05, 3.63) is 29.8 Å². The second kappa shape index (κ2) is 9.83. The Kier molecular flexibility index (Phi) is 8.44. The molecule has 1 fully saturated rings. The molecule has 1 aromatic rings. The topological polar surface area (TPSA) is 60.0 Å². The lowest BCUT2D eigenvalue weighted by atomic mass is 10.1. The van der Waals surface area contributed by atoms with Crippen LogP contribution in [0.1, 0.15) is 5.56 Å². The van der Waals surface area contributed by atoms with E-state index in [1.54, 1.807) is 20.2 Å². The molecule has 0 aromatic heterocycles. The molecule has 0 radical (unpaired) electrons. The Morgan fingerprint density at radius 1 is 1.23 bits per heavy atom. The van der Waals surface area contributed by atoms with Crippen LogP contribution in [0.15, 0.2) is 29.3 Å². The summed E-state index contributed by atoms with van der Waals surface area (Å²) in [6, 6.07) is 5.36. The van der Waals surface area contributed by atoms with Gasteiger partial charge in [0.25, 0.3) is 0 Å². The van der Waals surface area contributed by atoms with E-state index >= 15 is 0 Å². The third-order valence-electron chi connectivity index (χ3n) is 4.02. The highest BCUT2D eigenvalue weighted by atomic mass is 127. The molecule has 1 amide bonds. The minimum Gasteiger partial charge on any atom is -0.368 e. The van der Waals surface area contributed by atoms with Crippen molar-refractivity contribution in [2.45, 2.75) is 6.18 Å². The van der Waals surface area contributed by atoms with Crippen molar-refractivity contribution in [3.63, 3.8) is 0 Å². The molecule has 1 aromatic carbocycles. The number of halogens is 4. The van der Waals surface area contributed by atoms with Gasteiger partial charge in [-0.05, 0) is 18.2 Å². The Morgan fingerprint density at radius 3 is 2.42 bits per heavy atom. The van der Waals surface area contributed by atoms with Crippen LogP contribution < -0.4 is 15.5 Å². The van der Waals surface area contributed by atoms with E-state index in [9.17, 15) is 18.0 Å². The minimum absolute atomic E-state index is 0.